The number of β-lactam (4-membered cyclic amide) rings is 1. The van der Waals surface area contributed by atoms with E-state index >= 15 is 0 Å². The van der Waals surface area contributed by atoms with Crippen molar-refractivity contribution < 1.29 is 31.9 Å². The Bertz CT molecular complexity index is 926. The summed E-state index contributed by atoms with van der Waals surface area (Å²) in [5.74, 6) is -1.56. The quantitative estimate of drug-likeness (QED) is 0.0641. The van der Waals surface area contributed by atoms with E-state index in [0.717, 1.165) is 11.2 Å². The van der Waals surface area contributed by atoms with Crippen LogP contribution in [0.4, 0.5) is 5.69 Å². The van der Waals surface area contributed by atoms with E-state index in [1.54, 1.807) is 6.92 Å². The van der Waals surface area contributed by atoms with Crippen LogP contribution in [-0.2, 0) is 35.2 Å². The van der Waals surface area contributed by atoms with Crippen LogP contribution in [0.3, 0.4) is 0 Å². The zero-order chi connectivity index (χ0) is 21.1. The van der Waals surface area contributed by atoms with Gasteiger partial charge in [0.15, 0.2) is 11.5 Å². The zero-order valence-corrected chi connectivity index (χ0v) is 17.4. The number of halogens is 1. The van der Waals surface area contributed by atoms with Gasteiger partial charge in [0.25, 0.3) is 5.69 Å². The largest absolute Gasteiger partial charge is 0.456 e. The molecule has 1 aromatic carbocycles. The number of nitrogens with zero attached hydrogens (tertiary/aromatic N) is 2. The minimum absolute atomic E-state index is 0.0263. The Kier molecular flexibility index (Phi) is 6.77. The number of benzene rings is 1. The number of carbonyl (C=O) groups excluding carboxylic acids is 2. The summed E-state index contributed by atoms with van der Waals surface area (Å²) in [4.78, 5) is 35.3. The first-order chi connectivity index (χ1) is 13.0. The molecule has 12 heteroatoms. The van der Waals surface area contributed by atoms with Gasteiger partial charge >= 0.3 is 16.1 Å². The van der Waals surface area contributed by atoms with Crippen LogP contribution in [0.25, 0.3) is 0 Å². The summed E-state index contributed by atoms with van der Waals surface area (Å²) in [6, 6.07) is 5.37. The molecule has 0 aliphatic carbocycles. The molecule has 0 N–H and O–H groups in total. The first kappa shape index (κ1) is 21.8. The Labute approximate surface area is 169 Å². The van der Waals surface area contributed by atoms with Crippen molar-refractivity contribution in [3.63, 3.8) is 0 Å². The molecule has 0 spiro atoms. The minimum atomic E-state index is -3.93. The molecule has 0 radical (unpaired) electrons. The number of allylic oxidation sites excluding steroid dienone is 1. The Morgan fingerprint density at radius 2 is 1.96 bits per heavy atom. The minimum Gasteiger partial charge on any atom is -0.456 e. The Morgan fingerprint density at radius 3 is 2.39 bits per heavy atom. The zero-order valence-electron chi connectivity index (χ0n) is 15.0. The smallest absolute Gasteiger partial charge is 0.359 e. The Hall–Kier alpha value is -2.47. The lowest BCUT2D eigenvalue weighted by atomic mass is 10.1. The SMILES string of the molecule is CCC(OS(C)(=O)=O)=C(C(=O)OCc1ccc([N+](=O)[O-])cc1)N1C(=O)CC1Br. The third-order valence-corrected chi connectivity index (χ3v) is 4.92. The van der Waals surface area contributed by atoms with E-state index in [1.807, 2.05) is 0 Å². The van der Waals surface area contributed by atoms with Crippen molar-refractivity contribution in [2.75, 3.05) is 6.26 Å². The van der Waals surface area contributed by atoms with Crippen LogP contribution in [0, 0.1) is 10.1 Å². The van der Waals surface area contributed by atoms with Crippen molar-refractivity contribution >= 4 is 43.6 Å². The molecule has 1 heterocycles. The topological polar surface area (TPSA) is 133 Å². The summed E-state index contributed by atoms with van der Waals surface area (Å²) in [6.45, 7) is 1.34. The van der Waals surface area contributed by atoms with Gasteiger partial charge in [0.05, 0.1) is 17.6 Å². The van der Waals surface area contributed by atoms with Crippen LogP contribution in [0.1, 0.15) is 25.3 Å². The van der Waals surface area contributed by atoms with Crippen molar-refractivity contribution in [3.8, 4) is 0 Å². The number of non-ortho nitro benzene ring substituents is 1. The third-order valence-electron chi connectivity index (χ3n) is 3.68. The molecule has 1 saturated heterocycles. The number of nitro groups is 1. The van der Waals surface area contributed by atoms with Gasteiger partial charge in [-0.1, -0.05) is 22.9 Å². The number of esters is 1. The number of carbonyl (C=O) groups is 2. The predicted molar refractivity (Wildman–Crippen MR) is 100 cm³/mol. The molecule has 1 atom stereocenters. The first-order valence-electron chi connectivity index (χ1n) is 8.02. The van der Waals surface area contributed by atoms with Gasteiger partial charge < -0.3 is 8.92 Å². The van der Waals surface area contributed by atoms with Crippen LogP contribution >= 0.6 is 15.9 Å². The molecule has 2 rings (SSSR count). The van der Waals surface area contributed by atoms with Crippen molar-refractivity contribution in [1.29, 1.82) is 0 Å². The van der Waals surface area contributed by atoms with Crippen molar-refractivity contribution in [2.24, 2.45) is 0 Å². The number of ether oxygens (including phenoxy) is 1. The third kappa shape index (κ3) is 5.29. The lowest BCUT2D eigenvalue weighted by Gasteiger charge is -2.37. The molecule has 10 nitrogen and oxygen atoms in total. The molecule has 1 aliphatic heterocycles. The summed E-state index contributed by atoms with van der Waals surface area (Å²) in [6.07, 6.45) is 0.986. The van der Waals surface area contributed by atoms with Crippen molar-refractivity contribution in [3.05, 3.63) is 51.4 Å². The summed E-state index contributed by atoms with van der Waals surface area (Å²) in [7, 11) is -3.93. The van der Waals surface area contributed by atoms with Gasteiger partial charge in [-0.05, 0) is 17.7 Å². The van der Waals surface area contributed by atoms with Crippen LogP contribution in [0.5, 0.6) is 0 Å². The molecular formula is C16H17BrN2O8S. The average Bonchev–Trinajstić information content (AvgIpc) is 2.61. The average molecular weight is 477 g/mol. The number of likely N-dealkylation sites (tertiary alicyclic amines) is 1. The fourth-order valence-corrected chi connectivity index (χ4v) is 3.64. The fraction of sp³-hybridized carbons (Fsp3) is 0.375. The second-order valence-corrected chi connectivity index (χ2v) is 8.45. The number of alkyl halides is 1. The summed E-state index contributed by atoms with van der Waals surface area (Å²) < 4.78 is 33.1. The van der Waals surface area contributed by atoms with Gasteiger partial charge in [0.1, 0.15) is 11.6 Å². The molecule has 152 valence electrons. The highest BCUT2D eigenvalue weighted by Crippen LogP contribution is 2.32. The highest BCUT2D eigenvalue weighted by atomic mass is 79.9. The molecule has 0 bridgehead atoms. The number of amides is 1. The highest BCUT2D eigenvalue weighted by molar-refractivity contribution is 9.09. The summed E-state index contributed by atoms with van der Waals surface area (Å²) >= 11 is 3.22. The van der Waals surface area contributed by atoms with E-state index in [4.69, 9.17) is 8.92 Å². The molecule has 1 fully saturated rings. The number of nitro benzene ring substituents is 1. The summed E-state index contributed by atoms with van der Waals surface area (Å²) in [5, 5.41) is 10.7. The van der Waals surface area contributed by atoms with E-state index in [2.05, 4.69) is 15.9 Å². The van der Waals surface area contributed by atoms with E-state index in [1.165, 1.54) is 24.3 Å². The molecule has 0 saturated carbocycles. The van der Waals surface area contributed by atoms with E-state index in [-0.39, 0.29) is 36.6 Å². The van der Waals surface area contributed by atoms with Gasteiger partial charge in [-0.3, -0.25) is 19.8 Å². The lowest BCUT2D eigenvalue weighted by molar-refractivity contribution is -0.384. The molecule has 1 amide bonds. The van der Waals surface area contributed by atoms with Crippen molar-refractivity contribution in [1.82, 2.24) is 4.90 Å². The normalized spacial score (nSPS) is 17.5. The Balaban J connectivity index is 2.26. The second kappa shape index (κ2) is 8.69. The molecule has 0 aromatic heterocycles. The van der Waals surface area contributed by atoms with Gasteiger partial charge in [-0.25, -0.2) is 4.79 Å². The lowest BCUT2D eigenvalue weighted by Crippen LogP contribution is -2.50. The van der Waals surface area contributed by atoms with E-state index < -0.39 is 31.9 Å². The predicted octanol–water partition coefficient (Wildman–Crippen LogP) is 2.19. The van der Waals surface area contributed by atoms with Crippen LogP contribution in [-0.4, -0.2) is 41.3 Å². The molecular weight excluding hydrogens is 460 g/mol. The van der Waals surface area contributed by atoms with Gasteiger partial charge in [0, 0.05) is 18.6 Å². The van der Waals surface area contributed by atoms with Gasteiger partial charge in [-0.15, -0.1) is 0 Å². The molecule has 28 heavy (non-hydrogen) atoms. The first-order valence-corrected chi connectivity index (χ1v) is 10.8. The van der Waals surface area contributed by atoms with E-state index in [0.29, 0.717) is 5.56 Å². The molecule has 1 aromatic rings. The summed E-state index contributed by atoms with van der Waals surface area (Å²) in [5.41, 5.74) is 0.0671. The standard InChI is InChI=1S/C16H17BrN2O8S/c1-3-12(27-28(2,24)25)15(18-13(17)8-14(18)20)16(21)26-9-10-4-6-11(7-5-10)19(22)23/h4-7,13H,3,8-9H2,1-2H3. The Morgan fingerprint density at radius 1 is 1.36 bits per heavy atom. The van der Waals surface area contributed by atoms with E-state index in [9.17, 15) is 28.1 Å². The molecule has 1 unspecified atom stereocenters. The maximum Gasteiger partial charge on any atom is 0.359 e. The van der Waals surface area contributed by atoms with Crippen molar-refractivity contribution in [2.45, 2.75) is 31.3 Å². The number of hydrogen-bond donors (Lipinski definition) is 0. The maximum absolute atomic E-state index is 12.6. The van der Waals surface area contributed by atoms with Gasteiger partial charge in [-0.2, -0.15) is 8.42 Å². The number of hydrogen-bond acceptors (Lipinski definition) is 8. The van der Waals surface area contributed by atoms with Crippen LogP contribution < -0.4 is 0 Å². The highest BCUT2D eigenvalue weighted by Gasteiger charge is 2.42. The fourth-order valence-electron chi connectivity index (χ4n) is 2.37. The second-order valence-electron chi connectivity index (χ2n) is 5.81. The van der Waals surface area contributed by atoms with Crippen LogP contribution in [0.2, 0.25) is 0 Å². The monoisotopic (exact) mass is 476 g/mol. The van der Waals surface area contributed by atoms with Gasteiger partial charge in [0.2, 0.25) is 5.91 Å². The maximum atomic E-state index is 12.6. The molecule has 1 aliphatic rings. The number of rotatable bonds is 8. The van der Waals surface area contributed by atoms with Crippen LogP contribution in [0.15, 0.2) is 35.7 Å².